The lowest BCUT2D eigenvalue weighted by Crippen LogP contribution is -2.40. The number of esters is 1. The Kier molecular flexibility index (Phi) is 4.57. The Hall–Kier alpha value is -1.82. The van der Waals surface area contributed by atoms with E-state index >= 15 is 0 Å². The van der Waals surface area contributed by atoms with E-state index in [1.807, 2.05) is 47.6 Å². The van der Waals surface area contributed by atoms with Gasteiger partial charge in [0.1, 0.15) is 11.2 Å². The summed E-state index contributed by atoms with van der Waals surface area (Å²) in [6.07, 6.45) is 3.18. The van der Waals surface area contributed by atoms with Gasteiger partial charge in [-0.05, 0) is 41.5 Å². The fourth-order valence-electron chi connectivity index (χ4n) is 2.02. The monoisotopic (exact) mass is 337 g/mol. The zero-order chi connectivity index (χ0) is 17.4. The molecular formula is C17H23NO4S. The van der Waals surface area contributed by atoms with Gasteiger partial charge >= 0.3 is 12.1 Å². The van der Waals surface area contributed by atoms with Crippen molar-refractivity contribution in [3.05, 3.63) is 20.7 Å². The van der Waals surface area contributed by atoms with Crippen LogP contribution in [0.4, 0.5) is 4.79 Å². The molecule has 0 atom stereocenters. The highest BCUT2D eigenvalue weighted by molar-refractivity contribution is 7.08. The summed E-state index contributed by atoms with van der Waals surface area (Å²) in [4.78, 5) is 25.9. The van der Waals surface area contributed by atoms with Gasteiger partial charge in [0.05, 0.1) is 10.1 Å². The van der Waals surface area contributed by atoms with E-state index in [-0.39, 0.29) is 5.97 Å². The van der Waals surface area contributed by atoms with Gasteiger partial charge in [0.2, 0.25) is 0 Å². The van der Waals surface area contributed by atoms with E-state index in [2.05, 4.69) is 0 Å². The van der Waals surface area contributed by atoms with Gasteiger partial charge in [-0.1, -0.05) is 6.08 Å². The van der Waals surface area contributed by atoms with Crippen molar-refractivity contribution >= 4 is 35.7 Å². The van der Waals surface area contributed by atoms with Gasteiger partial charge in [0, 0.05) is 23.3 Å². The molecule has 1 aliphatic heterocycles. The molecule has 0 bridgehead atoms. The molecule has 1 aromatic rings. The molecule has 0 aliphatic carbocycles. The van der Waals surface area contributed by atoms with Crippen LogP contribution in [0.5, 0.6) is 0 Å². The molecule has 5 nitrogen and oxygen atoms in total. The lowest BCUT2D eigenvalue weighted by Gasteiger charge is -2.25. The van der Waals surface area contributed by atoms with Crippen molar-refractivity contribution < 1.29 is 19.1 Å². The second kappa shape index (κ2) is 6.00. The van der Waals surface area contributed by atoms with Gasteiger partial charge in [0.25, 0.3) is 0 Å². The van der Waals surface area contributed by atoms with Gasteiger partial charge in [-0.2, -0.15) is 0 Å². The number of thiophene rings is 1. The summed E-state index contributed by atoms with van der Waals surface area (Å²) in [6, 6.07) is 0. The Morgan fingerprint density at radius 2 is 1.70 bits per heavy atom. The molecule has 23 heavy (non-hydrogen) atoms. The van der Waals surface area contributed by atoms with E-state index in [1.165, 1.54) is 16.2 Å². The minimum absolute atomic E-state index is 0.342. The van der Waals surface area contributed by atoms with E-state index in [4.69, 9.17) is 9.47 Å². The number of fused-ring (bicyclic) bond motifs is 1. The molecule has 126 valence electrons. The van der Waals surface area contributed by atoms with Crippen molar-refractivity contribution in [2.24, 2.45) is 0 Å². The molecule has 0 spiro atoms. The number of carbonyl (C=O) groups is 2. The maximum atomic E-state index is 12.2. The molecule has 0 aromatic carbocycles. The fourth-order valence-corrected chi connectivity index (χ4v) is 2.99. The number of carbonyl (C=O) groups excluding carboxylic acids is 2. The first-order valence-corrected chi connectivity index (χ1v) is 8.37. The molecule has 0 radical (unpaired) electrons. The summed E-state index contributed by atoms with van der Waals surface area (Å²) in [7, 11) is 0. The maximum absolute atomic E-state index is 12.2. The van der Waals surface area contributed by atoms with Crippen molar-refractivity contribution in [2.75, 3.05) is 6.54 Å². The first-order chi connectivity index (χ1) is 10.5. The highest BCUT2D eigenvalue weighted by atomic mass is 32.1. The highest BCUT2D eigenvalue weighted by Crippen LogP contribution is 2.13. The Bertz CT molecular complexity index is 734. The standard InChI is InChI=1S/C17H23NO4S/c1-16(2,3)21-14(19)12-10-23-13-9-18(8-7-11(12)13)15(20)22-17(4,5)6/h7,9-10H,8H2,1-6H3. The average Bonchev–Trinajstić information content (AvgIpc) is 2.77. The van der Waals surface area contributed by atoms with Crippen LogP contribution in [0.2, 0.25) is 0 Å². The van der Waals surface area contributed by atoms with Gasteiger partial charge < -0.3 is 9.47 Å². The number of nitrogens with zero attached hydrogens (tertiary/aromatic N) is 1. The number of rotatable bonds is 1. The van der Waals surface area contributed by atoms with Crippen molar-refractivity contribution in [2.45, 2.75) is 52.7 Å². The summed E-state index contributed by atoms with van der Waals surface area (Å²) in [5, 5.41) is 2.59. The number of ether oxygens (including phenoxy) is 2. The van der Waals surface area contributed by atoms with Gasteiger partial charge in [-0.25, -0.2) is 9.59 Å². The van der Waals surface area contributed by atoms with Crippen LogP contribution in [0.15, 0.2) is 5.38 Å². The van der Waals surface area contributed by atoms with E-state index < -0.39 is 17.3 Å². The maximum Gasteiger partial charge on any atom is 0.414 e. The van der Waals surface area contributed by atoms with Gasteiger partial charge in [-0.15, -0.1) is 11.3 Å². The van der Waals surface area contributed by atoms with E-state index in [0.29, 0.717) is 12.1 Å². The third-order valence-corrected chi connectivity index (χ3v) is 3.80. The van der Waals surface area contributed by atoms with Crippen LogP contribution < -0.4 is 9.75 Å². The largest absolute Gasteiger partial charge is 0.456 e. The van der Waals surface area contributed by atoms with Crippen molar-refractivity contribution in [3.8, 4) is 0 Å². The van der Waals surface area contributed by atoms with Crippen LogP contribution in [0, 0.1) is 0 Å². The molecule has 0 saturated carbocycles. The first-order valence-electron chi connectivity index (χ1n) is 7.49. The normalized spacial score (nSPS) is 14.4. The van der Waals surface area contributed by atoms with Crippen LogP contribution in [0.1, 0.15) is 51.9 Å². The lowest BCUT2D eigenvalue weighted by atomic mass is 10.1. The van der Waals surface area contributed by atoms with Crippen LogP contribution in [-0.4, -0.2) is 34.7 Å². The second-order valence-corrected chi connectivity index (χ2v) is 8.31. The fraction of sp³-hybridized carbons (Fsp3) is 0.529. The zero-order valence-electron chi connectivity index (χ0n) is 14.4. The lowest BCUT2D eigenvalue weighted by molar-refractivity contribution is 0.00686. The molecule has 1 aromatic heterocycles. The highest BCUT2D eigenvalue weighted by Gasteiger charge is 2.24. The average molecular weight is 337 g/mol. The summed E-state index contributed by atoms with van der Waals surface area (Å²) in [5.74, 6) is -0.342. The van der Waals surface area contributed by atoms with E-state index in [9.17, 15) is 9.59 Å². The zero-order valence-corrected chi connectivity index (χ0v) is 15.2. The van der Waals surface area contributed by atoms with Crippen molar-refractivity contribution in [3.63, 3.8) is 0 Å². The molecule has 6 heteroatoms. The predicted molar refractivity (Wildman–Crippen MR) is 90.6 cm³/mol. The number of amides is 1. The third-order valence-electron chi connectivity index (χ3n) is 2.87. The number of hydrogen-bond donors (Lipinski definition) is 0. The Morgan fingerprint density at radius 1 is 1.09 bits per heavy atom. The summed E-state index contributed by atoms with van der Waals surface area (Å²) < 4.78 is 11.6. The molecular weight excluding hydrogens is 314 g/mol. The smallest absolute Gasteiger partial charge is 0.414 e. The minimum Gasteiger partial charge on any atom is -0.456 e. The van der Waals surface area contributed by atoms with Crippen molar-refractivity contribution in [1.82, 2.24) is 4.90 Å². The van der Waals surface area contributed by atoms with E-state index in [1.54, 1.807) is 11.6 Å². The van der Waals surface area contributed by atoms with Gasteiger partial charge in [0.15, 0.2) is 0 Å². The van der Waals surface area contributed by atoms with E-state index in [0.717, 1.165) is 9.75 Å². The van der Waals surface area contributed by atoms with Crippen molar-refractivity contribution in [1.29, 1.82) is 0 Å². The quantitative estimate of drug-likeness (QED) is 0.739. The molecule has 0 unspecified atom stereocenters. The predicted octanol–water partition coefficient (Wildman–Crippen LogP) is 2.47. The van der Waals surface area contributed by atoms with Crippen LogP contribution in [0.25, 0.3) is 12.3 Å². The van der Waals surface area contributed by atoms with Crippen LogP contribution >= 0.6 is 11.3 Å². The molecule has 0 saturated heterocycles. The summed E-state index contributed by atoms with van der Waals surface area (Å²) in [5.41, 5.74) is -0.533. The second-order valence-electron chi connectivity index (χ2n) is 7.40. The SMILES string of the molecule is CC(C)(C)OC(=O)c1csc2c1=CCN(C(=O)OC(C)(C)C)C=2. The van der Waals surface area contributed by atoms with Gasteiger partial charge in [-0.3, -0.25) is 4.90 Å². The summed E-state index contributed by atoms with van der Waals surface area (Å²) in [6.45, 7) is 11.4. The molecule has 2 heterocycles. The first kappa shape index (κ1) is 17.5. The molecule has 1 amide bonds. The Balaban J connectivity index is 2.25. The third kappa shape index (κ3) is 4.58. The summed E-state index contributed by atoms with van der Waals surface area (Å²) >= 11 is 1.41. The molecule has 0 fully saturated rings. The molecule has 2 rings (SSSR count). The van der Waals surface area contributed by atoms with Crippen LogP contribution in [-0.2, 0) is 9.47 Å². The minimum atomic E-state index is -0.539. The van der Waals surface area contributed by atoms with Crippen LogP contribution in [0.3, 0.4) is 0 Å². The molecule has 0 N–H and O–H groups in total. The Morgan fingerprint density at radius 3 is 2.26 bits per heavy atom. The number of hydrogen-bond acceptors (Lipinski definition) is 5. The Labute approximate surface area is 140 Å². The topological polar surface area (TPSA) is 55.8 Å². The molecule has 1 aliphatic rings.